The predicted octanol–water partition coefficient (Wildman–Crippen LogP) is 13.6. The van der Waals surface area contributed by atoms with Crippen LogP contribution in [-0.2, 0) is 6.42 Å². The molecule has 0 aliphatic carbocycles. The highest BCUT2D eigenvalue weighted by atomic mass is 14.2. The first-order chi connectivity index (χ1) is 25.7. The van der Waals surface area contributed by atoms with Crippen molar-refractivity contribution in [3.05, 3.63) is 192 Å². The molecule has 262 valence electrons. The Morgan fingerprint density at radius 3 is 1.57 bits per heavy atom. The van der Waals surface area contributed by atoms with Crippen LogP contribution in [0.1, 0.15) is 27.3 Å². The Morgan fingerprint density at radius 1 is 0.407 bits per heavy atom. The van der Waals surface area contributed by atoms with E-state index in [1.54, 1.807) is 0 Å². The summed E-state index contributed by atoms with van der Waals surface area (Å²) in [5, 5.41) is 12.7. The summed E-state index contributed by atoms with van der Waals surface area (Å²) in [6.45, 7) is 2.10. The molecule has 0 spiro atoms. The van der Waals surface area contributed by atoms with Crippen molar-refractivity contribution in [2.45, 2.75) is 28.2 Å². The van der Waals surface area contributed by atoms with Gasteiger partial charge in [0, 0.05) is 0 Å². The molecule has 0 saturated heterocycles. The van der Waals surface area contributed by atoms with Gasteiger partial charge in [-0.3, -0.25) is 0 Å². The fourth-order valence-electron chi connectivity index (χ4n) is 7.83. The summed E-state index contributed by atoms with van der Waals surface area (Å²) >= 11 is 0. The number of fused-ring (bicyclic) bond motifs is 4. The van der Waals surface area contributed by atoms with Crippen LogP contribution in [0.25, 0.3) is 88.6 Å². The molecule has 9 aromatic carbocycles. The second kappa shape index (κ2) is 16.3. The van der Waals surface area contributed by atoms with Gasteiger partial charge in [-0.1, -0.05) is 191 Å². The van der Waals surface area contributed by atoms with Crippen molar-refractivity contribution in [2.24, 2.45) is 0 Å². The van der Waals surface area contributed by atoms with E-state index in [9.17, 15) is 0 Å². The van der Waals surface area contributed by atoms with Gasteiger partial charge in [-0.2, -0.15) is 0 Å². The zero-order valence-electron chi connectivity index (χ0n) is 29.3. The summed E-state index contributed by atoms with van der Waals surface area (Å²) in [7, 11) is 0. The van der Waals surface area contributed by atoms with Gasteiger partial charge in [-0.15, -0.1) is 12.8 Å². The molecule has 0 heterocycles. The second-order valence-electron chi connectivity index (χ2n) is 13.2. The van der Waals surface area contributed by atoms with Crippen LogP contribution < -0.4 is 10.4 Å². The van der Waals surface area contributed by atoms with E-state index in [0.29, 0.717) is 0 Å². The highest BCUT2D eigenvalue weighted by Gasteiger charge is 2.17. The van der Waals surface area contributed by atoms with Gasteiger partial charge in [0.15, 0.2) is 0 Å². The average molecular weight is 695 g/mol. The summed E-state index contributed by atoms with van der Waals surface area (Å²) in [6.07, 6.45) is 13.4. The van der Waals surface area contributed by atoms with Crippen molar-refractivity contribution in [1.29, 1.82) is 0 Å². The topological polar surface area (TPSA) is 0 Å². The van der Waals surface area contributed by atoms with Crippen molar-refractivity contribution < 1.29 is 0 Å². The molecule has 0 fully saturated rings. The van der Waals surface area contributed by atoms with Crippen molar-refractivity contribution in [1.82, 2.24) is 0 Å². The van der Waals surface area contributed by atoms with Crippen LogP contribution >= 0.6 is 0 Å². The molecule has 0 atom stereocenters. The second-order valence-corrected chi connectivity index (χ2v) is 13.2. The minimum Gasteiger partial charge on any atom is -0.124 e. The SMILES string of the molecule is C.C.C#C.C/C=c1/cccc/c1=C/Cc1ccc2cc(-c3c4ccccc4c(-c4cccc(-c5cccc6ccccc56)c4)c4ccccc34)ccc2c1. The maximum absolute atomic E-state index is 4.00. The normalized spacial score (nSPS) is 11.5. The minimum atomic E-state index is 0. The molecule has 0 N–H and O–H groups in total. The standard InChI is InChI=1S/C50H36.C2H2.2CH4/c1-2-35-13-3-4-14-36(35)27-25-34-26-28-39-32-42(30-29-38(39)31-34)50-47-22-9-7-20-45(47)49(46-21-8-10-23-48(46)50)41-18-11-17-40(33-41)44-24-12-16-37-15-5-6-19-43(37)44;1-2;;/h2-24,26-33H,25H2,1H3;1-2H;2*1H4/b35-2-,36-27-;;;. The molecule has 0 aromatic heterocycles. The fourth-order valence-corrected chi connectivity index (χ4v) is 7.83. The molecule has 0 radical (unpaired) electrons. The highest BCUT2D eigenvalue weighted by Crippen LogP contribution is 2.45. The van der Waals surface area contributed by atoms with Gasteiger partial charge in [0.05, 0.1) is 0 Å². The summed E-state index contributed by atoms with van der Waals surface area (Å²) in [5.74, 6) is 0. The Kier molecular flexibility index (Phi) is 11.2. The average Bonchev–Trinajstić information content (AvgIpc) is 3.22. The lowest BCUT2D eigenvalue weighted by Gasteiger charge is -2.18. The molecule has 0 aliphatic heterocycles. The van der Waals surface area contributed by atoms with Crippen LogP contribution in [0.4, 0.5) is 0 Å². The van der Waals surface area contributed by atoms with Crippen molar-refractivity contribution in [3.8, 4) is 46.2 Å². The van der Waals surface area contributed by atoms with Crippen LogP contribution in [0.5, 0.6) is 0 Å². The lowest BCUT2D eigenvalue weighted by Crippen LogP contribution is -2.23. The monoisotopic (exact) mass is 694 g/mol. The first-order valence-electron chi connectivity index (χ1n) is 17.9. The van der Waals surface area contributed by atoms with E-state index < -0.39 is 0 Å². The number of hydrogen-bond acceptors (Lipinski definition) is 0. The largest absolute Gasteiger partial charge is 0.124 e. The van der Waals surface area contributed by atoms with Crippen molar-refractivity contribution in [2.75, 3.05) is 0 Å². The minimum absolute atomic E-state index is 0. The van der Waals surface area contributed by atoms with E-state index in [1.807, 2.05) is 0 Å². The molecule has 0 bridgehead atoms. The number of hydrogen-bond donors (Lipinski definition) is 0. The number of benzene rings is 9. The molecule has 9 rings (SSSR count). The molecular formula is C54H46. The van der Waals surface area contributed by atoms with E-state index >= 15 is 0 Å². The maximum Gasteiger partial charge on any atom is -0.00262 e. The summed E-state index contributed by atoms with van der Waals surface area (Å²) < 4.78 is 0. The van der Waals surface area contributed by atoms with Gasteiger partial charge in [0.25, 0.3) is 0 Å². The van der Waals surface area contributed by atoms with Crippen LogP contribution in [0.15, 0.2) is 176 Å². The summed E-state index contributed by atoms with van der Waals surface area (Å²) in [4.78, 5) is 0. The van der Waals surface area contributed by atoms with Crippen LogP contribution in [0, 0.1) is 12.8 Å². The quantitative estimate of drug-likeness (QED) is 0.124. The van der Waals surface area contributed by atoms with Crippen molar-refractivity contribution >= 4 is 55.2 Å². The molecule has 0 saturated carbocycles. The smallest absolute Gasteiger partial charge is 0.00262 e. The Morgan fingerprint density at radius 2 is 0.907 bits per heavy atom. The third-order valence-corrected chi connectivity index (χ3v) is 10.2. The van der Waals surface area contributed by atoms with E-state index in [-0.39, 0.29) is 14.9 Å². The molecule has 0 nitrogen and oxygen atoms in total. The molecule has 9 aromatic rings. The van der Waals surface area contributed by atoms with E-state index in [4.69, 9.17) is 0 Å². The lowest BCUT2D eigenvalue weighted by molar-refractivity contribution is 1.33. The van der Waals surface area contributed by atoms with Gasteiger partial charge in [0.2, 0.25) is 0 Å². The third kappa shape index (κ3) is 6.81. The third-order valence-electron chi connectivity index (χ3n) is 10.2. The van der Waals surface area contributed by atoms with E-state index in [0.717, 1.165) is 6.42 Å². The Labute approximate surface area is 320 Å². The summed E-state index contributed by atoms with van der Waals surface area (Å²) in [6, 6.07) is 64.7. The zero-order chi connectivity index (χ0) is 35.4. The van der Waals surface area contributed by atoms with E-state index in [2.05, 4.69) is 208 Å². The van der Waals surface area contributed by atoms with Gasteiger partial charge in [-0.25, -0.2) is 0 Å². The summed E-state index contributed by atoms with van der Waals surface area (Å²) in [5.41, 5.74) is 8.86. The molecular weight excluding hydrogens is 649 g/mol. The van der Waals surface area contributed by atoms with Crippen molar-refractivity contribution in [3.63, 3.8) is 0 Å². The molecule has 0 heteroatoms. The predicted molar refractivity (Wildman–Crippen MR) is 240 cm³/mol. The van der Waals surface area contributed by atoms with Gasteiger partial charge in [-0.05, 0) is 118 Å². The van der Waals surface area contributed by atoms with E-state index in [1.165, 1.54) is 92.5 Å². The van der Waals surface area contributed by atoms with Crippen LogP contribution in [0.3, 0.4) is 0 Å². The van der Waals surface area contributed by atoms with Gasteiger partial charge >= 0.3 is 0 Å². The molecule has 0 aliphatic rings. The van der Waals surface area contributed by atoms with Crippen LogP contribution in [-0.4, -0.2) is 0 Å². The number of rotatable bonds is 5. The zero-order valence-corrected chi connectivity index (χ0v) is 29.3. The first-order valence-corrected chi connectivity index (χ1v) is 17.9. The highest BCUT2D eigenvalue weighted by molar-refractivity contribution is 6.22. The molecule has 0 unspecified atom stereocenters. The fraction of sp³-hybridized carbons (Fsp3) is 0.0741. The Balaban J connectivity index is 0.00000122. The first kappa shape index (κ1) is 37.1. The van der Waals surface area contributed by atoms with Gasteiger partial charge < -0.3 is 0 Å². The Bertz CT molecular complexity index is 2840. The van der Waals surface area contributed by atoms with Crippen LogP contribution in [0.2, 0.25) is 0 Å². The number of terminal acetylenes is 1. The Hall–Kier alpha value is -6.68. The van der Waals surface area contributed by atoms with Gasteiger partial charge in [0.1, 0.15) is 0 Å². The molecule has 54 heavy (non-hydrogen) atoms. The maximum atomic E-state index is 4.00. The molecule has 0 amide bonds. The lowest BCUT2D eigenvalue weighted by atomic mass is 9.85.